The second-order valence-electron chi connectivity index (χ2n) is 9.45. The van der Waals surface area contributed by atoms with E-state index in [0.717, 1.165) is 51.1 Å². The lowest BCUT2D eigenvalue weighted by Gasteiger charge is -2.38. The van der Waals surface area contributed by atoms with Gasteiger partial charge in [0.15, 0.2) is 5.78 Å². The summed E-state index contributed by atoms with van der Waals surface area (Å²) in [6, 6.07) is 20.1. The van der Waals surface area contributed by atoms with Gasteiger partial charge in [-0.05, 0) is 43.7 Å². The number of rotatable bonds is 6. The smallest absolute Gasteiger partial charge is 0.159 e. The summed E-state index contributed by atoms with van der Waals surface area (Å²) in [5.74, 6) is 0.809. The number of ether oxygens (including phenoxy) is 1. The predicted octanol–water partition coefficient (Wildman–Crippen LogP) is 4.16. The average Bonchev–Trinajstić information content (AvgIpc) is 3.43. The molecule has 1 N–H and O–H groups in total. The molecule has 4 nitrogen and oxygen atoms in total. The van der Waals surface area contributed by atoms with Crippen LogP contribution in [0.2, 0.25) is 0 Å². The molecular weight excluding hydrogens is 372 g/mol. The van der Waals surface area contributed by atoms with Crippen molar-refractivity contribution in [2.45, 2.75) is 62.8 Å². The summed E-state index contributed by atoms with van der Waals surface area (Å²) in [6.45, 7) is 5.59. The van der Waals surface area contributed by atoms with Crippen LogP contribution in [0.3, 0.4) is 0 Å². The highest BCUT2D eigenvalue weighted by molar-refractivity contribution is 5.93. The fourth-order valence-corrected chi connectivity index (χ4v) is 5.27. The van der Waals surface area contributed by atoms with Crippen molar-refractivity contribution in [2.75, 3.05) is 19.7 Å². The Balaban J connectivity index is 1.09. The first kappa shape index (κ1) is 19.9. The molecule has 3 atom stereocenters. The Bertz CT molecular complexity index is 872. The predicted molar refractivity (Wildman–Crippen MR) is 119 cm³/mol. The Hall–Kier alpha value is -2.01. The SMILES string of the molecule is CC(=O)c1ccc(CN2CCC3(CC2)CC(N[C@@H]2C[C@H]2c2ccccc2)CO3)cc1. The van der Waals surface area contributed by atoms with E-state index in [1.807, 2.05) is 12.1 Å². The fraction of sp³-hybridized carbons (Fsp3) is 0.500. The Morgan fingerprint density at radius 1 is 1.10 bits per heavy atom. The van der Waals surface area contributed by atoms with Crippen LogP contribution in [0.5, 0.6) is 0 Å². The molecule has 0 bridgehead atoms. The Kier molecular flexibility index (Phi) is 5.48. The quantitative estimate of drug-likeness (QED) is 0.734. The Morgan fingerprint density at radius 2 is 1.83 bits per heavy atom. The standard InChI is InChI=1S/C26H32N2O2/c1-19(29)21-9-7-20(8-10-21)17-28-13-11-26(12-14-28)16-23(18-30-26)27-25-15-24(25)22-5-3-2-4-6-22/h2-10,23-25,27H,11-18H2,1H3/t23?,24-,25+/m0/s1. The molecule has 5 rings (SSSR count). The summed E-state index contributed by atoms with van der Waals surface area (Å²) in [4.78, 5) is 14.0. The zero-order valence-electron chi connectivity index (χ0n) is 17.8. The minimum Gasteiger partial charge on any atom is -0.373 e. The normalized spacial score (nSPS) is 28.0. The molecule has 158 valence electrons. The van der Waals surface area contributed by atoms with Crippen LogP contribution in [-0.4, -0.2) is 48.1 Å². The van der Waals surface area contributed by atoms with Crippen LogP contribution in [-0.2, 0) is 11.3 Å². The molecule has 2 aliphatic heterocycles. The number of hydrogen-bond acceptors (Lipinski definition) is 4. The molecule has 3 aliphatic rings. The van der Waals surface area contributed by atoms with E-state index in [1.165, 1.54) is 17.5 Å². The molecular formula is C26H32N2O2. The third kappa shape index (κ3) is 4.36. The minimum absolute atomic E-state index is 0.0732. The number of ketones is 1. The minimum atomic E-state index is 0.0732. The summed E-state index contributed by atoms with van der Waals surface area (Å²) in [6.07, 6.45) is 4.63. The largest absolute Gasteiger partial charge is 0.373 e. The van der Waals surface area contributed by atoms with Gasteiger partial charge in [-0.25, -0.2) is 0 Å². The first-order valence-corrected chi connectivity index (χ1v) is 11.4. The van der Waals surface area contributed by atoms with Crippen molar-refractivity contribution < 1.29 is 9.53 Å². The summed E-state index contributed by atoms with van der Waals surface area (Å²) < 4.78 is 6.38. The topological polar surface area (TPSA) is 41.6 Å². The summed E-state index contributed by atoms with van der Waals surface area (Å²) >= 11 is 0. The van der Waals surface area contributed by atoms with Gasteiger partial charge < -0.3 is 10.1 Å². The lowest BCUT2D eigenvalue weighted by Crippen LogP contribution is -2.44. The Morgan fingerprint density at radius 3 is 2.53 bits per heavy atom. The lowest BCUT2D eigenvalue weighted by molar-refractivity contribution is -0.0449. The van der Waals surface area contributed by atoms with Gasteiger partial charge in [0.25, 0.3) is 0 Å². The van der Waals surface area contributed by atoms with Gasteiger partial charge in [0, 0.05) is 43.2 Å². The number of carbonyl (C=O) groups is 1. The molecule has 2 aromatic rings. The van der Waals surface area contributed by atoms with Gasteiger partial charge in [0.05, 0.1) is 12.2 Å². The van der Waals surface area contributed by atoms with E-state index in [-0.39, 0.29) is 11.4 Å². The third-order valence-electron chi connectivity index (χ3n) is 7.21. The molecule has 1 saturated carbocycles. The van der Waals surface area contributed by atoms with E-state index >= 15 is 0 Å². The first-order chi connectivity index (χ1) is 14.6. The van der Waals surface area contributed by atoms with Crippen LogP contribution in [0.25, 0.3) is 0 Å². The van der Waals surface area contributed by atoms with E-state index in [4.69, 9.17) is 4.74 Å². The monoisotopic (exact) mass is 404 g/mol. The van der Waals surface area contributed by atoms with Crippen LogP contribution < -0.4 is 5.32 Å². The van der Waals surface area contributed by atoms with Crippen molar-refractivity contribution in [1.29, 1.82) is 0 Å². The van der Waals surface area contributed by atoms with Crippen molar-refractivity contribution in [3.63, 3.8) is 0 Å². The molecule has 0 aromatic heterocycles. The third-order valence-corrected chi connectivity index (χ3v) is 7.21. The molecule has 3 fully saturated rings. The zero-order chi connectivity index (χ0) is 20.6. The van der Waals surface area contributed by atoms with Crippen molar-refractivity contribution in [3.05, 3.63) is 71.3 Å². The second-order valence-corrected chi connectivity index (χ2v) is 9.45. The highest BCUT2D eigenvalue weighted by atomic mass is 16.5. The summed E-state index contributed by atoms with van der Waals surface area (Å²) in [7, 11) is 0. The van der Waals surface area contributed by atoms with E-state index < -0.39 is 0 Å². The van der Waals surface area contributed by atoms with Gasteiger partial charge >= 0.3 is 0 Å². The number of benzene rings is 2. The Labute approximate surface area is 179 Å². The number of carbonyl (C=O) groups excluding carboxylic acids is 1. The van der Waals surface area contributed by atoms with E-state index in [9.17, 15) is 4.79 Å². The van der Waals surface area contributed by atoms with Gasteiger partial charge in [-0.1, -0.05) is 54.6 Å². The number of Topliss-reactive ketones (excluding diaryl/α,β-unsaturated/α-hetero) is 1. The first-order valence-electron chi connectivity index (χ1n) is 11.4. The number of nitrogens with zero attached hydrogens (tertiary/aromatic N) is 1. The maximum atomic E-state index is 11.4. The highest BCUT2D eigenvalue weighted by Crippen LogP contribution is 2.43. The number of piperidine rings is 1. The average molecular weight is 405 g/mol. The molecule has 4 heteroatoms. The molecule has 1 spiro atoms. The van der Waals surface area contributed by atoms with Gasteiger partial charge in [-0.2, -0.15) is 0 Å². The molecule has 2 heterocycles. The van der Waals surface area contributed by atoms with Gasteiger partial charge in [0.1, 0.15) is 0 Å². The van der Waals surface area contributed by atoms with Gasteiger partial charge in [-0.3, -0.25) is 9.69 Å². The molecule has 1 unspecified atom stereocenters. The van der Waals surface area contributed by atoms with Crippen molar-refractivity contribution >= 4 is 5.78 Å². The summed E-state index contributed by atoms with van der Waals surface area (Å²) in [5, 5.41) is 3.87. The highest BCUT2D eigenvalue weighted by Gasteiger charge is 2.46. The second kappa shape index (κ2) is 8.26. The van der Waals surface area contributed by atoms with Crippen LogP contribution >= 0.6 is 0 Å². The summed E-state index contributed by atoms with van der Waals surface area (Å²) in [5.41, 5.74) is 3.61. The molecule has 0 amide bonds. The number of likely N-dealkylation sites (tertiary alicyclic amines) is 1. The van der Waals surface area contributed by atoms with Crippen LogP contribution in [0.4, 0.5) is 0 Å². The number of hydrogen-bond donors (Lipinski definition) is 1. The molecule has 2 aromatic carbocycles. The molecule has 30 heavy (non-hydrogen) atoms. The van der Waals surface area contributed by atoms with Crippen molar-refractivity contribution in [3.8, 4) is 0 Å². The van der Waals surface area contributed by atoms with Crippen LogP contribution in [0.15, 0.2) is 54.6 Å². The number of nitrogens with one attached hydrogen (secondary N) is 1. The van der Waals surface area contributed by atoms with E-state index in [0.29, 0.717) is 18.0 Å². The van der Waals surface area contributed by atoms with Crippen molar-refractivity contribution in [1.82, 2.24) is 10.2 Å². The van der Waals surface area contributed by atoms with E-state index in [1.54, 1.807) is 6.92 Å². The lowest BCUT2D eigenvalue weighted by atomic mass is 9.87. The molecule has 2 saturated heterocycles. The maximum absolute atomic E-state index is 11.4. The van der Waals surface area contributed by atoms with Crippen LogP contribution in [0.1, 0.15) is 60.0 Å². The van der Waals surface area contributed by atoms with Gasteiger partial charge in [-0.15, -0.1) is 0 Å². The van der Waals surface area contributed by atoms with Crippen LogP contribution in [0, 0.1) is 0 Å². The fourth-order valence-electron chi connectivity index (χ4n) is 5.27. The van der Waals surface area contributed by atoms with E-state index in [2.05, 4.69) is 52.7 Å². The maximum Gasteiger partial charge on any atom is 0.159 e. The van der Waals surface area contributed by atoms with Gasteiger partial charge in [0.2, 0.25) is 0 Å². The molecule has 0 radical (unpaired) electrons. The zero-order valence-corrected chi connectivity index (χ0v) is 17.8. The molecule has 1 aliphatic carbocycles. The van der Waals surface area contributed by atoms with Crippen molar-refractivity contribution in [2.24, 2.45) is 0 Å².